The quantitative estimate of drug-likeness (QED) is 0.457. The first-order chi connectivity index (χ1) is 13.8. The smallest absolute Gasteiger partial charge is 0.290 e. The Labute approximate surface area is 170 Å². The van der Waals surface area contributed by atoms with Gasteiger partial charge in [0.1, 0.15) is 11.4 Å². The number of hydrogen-bond donors (Lipinski definition) is 4. The Morgan fingerprint density at radius 2 is 1.97 bits per heavy atom. The molecule has 0 aliphatic rings. The third-order valence-electron chi connectivity index (χ3n) is 4.22. The van der Waals surface area contributed by atoms with Crippen LogP contribution in [-0.4, -0.2) is 39.8 Å². The molecule has 2 aromatic heterocycles. The molecule has 0 fully saturated rings. The maximum atomic E-state index is 12.6. The first kappa shape index (κ1) is 20.2. The van der Waals surface area contributed by atoms with E-state index in [-0.39, 0.29) is 34.3 Å². The minimum absolute atomic E-state index is 0.0468. The fourth-order valence-electron chi connectivity index (χ4n) is 2.71. The number of aromatic nitrogens is 2. The molecule has 4 N–H and O–H groups in total. The number of phenols is 1. The van der Waals surface area contributed by atoms with Crippen LogP contribution in [-0.2, 0) is 13.6 Å². The first-order valence-electron chi connectivity index (χ1n) is 8.69. The predicted molar refractivity (Wildman–Crippen MR) is 113 cm³/mol. The maximum Gasteiger partial charge on any atom is 0.290 e. The molecule has 152 valence electrons. The molecule has 0 saturated heterocycles. The molecule has 0 spiro atoms. The normalized spacial score (nSPS) is 10.6. The Bertz CT molecular complexity index is 1150. The molecule has 0 radical (unpaired) electrons. The largest absolute Gasteiger partial charge is 0.505 e. The molecule has 3 rings (SSSR count). The highest BCUT2D eigenvalue weighted by Gasteiger charge is 2.19. The second-order valence-corrected chi connectivity index (χ2v) is 7.55. The molecule has 29 heavy (non-hydrogen) atoms. The fraction of sp³-hybridized carbons (Fsp3) is 0.211. The van der Waals surface area contributed by atoms with Crippen LogP contribution in [0.4, 0.5) is 17.1 Å². The molecule has 0 atom stereocenters. The number of carbonyl (C=O) groups is 1. The highest BCUT2D eigenvalue weighted by Crippen LogP contribution is 2.31. The van der Waals surface area contributed by atoms with E-state index < -0.39 is 11.1 Å². The van der Waals surface area contributed by atoms with Gasteiger partial charge in [-0.2, -0.15) is 0 Å². The summed E-state index contributed by atoms with van der Waals surface area (Å²) in [6, 6.07) is 8.37. The van der Waals surface area contributed by atoms with Gasteiger partial charge in [-0.15, -0.1) is 11.3 Å². The molecule has 0 bridgehead atoms. The number of aromatic amines is 1. The Hall–Kier alpha value is -3.53. The average Bonchev–Trinajstić information content (AvgIpc) is 3.20. The highest BCUT2D eigenvalue weighted by molar-refractivity contribution is 7.09. The van der Waals surface area contributed by atoms with Crippen LogP contribution >= 0.6 is 11.3 Å². The van der Waals surface area contributed by atoms with E-state index in [0.29, 0.717) is 6.54 Å². The van der Waals surface area contributed by atoms with Gasteiger partial charge in [0.25, 0.3) is 17.0 Å². The van der Waals surface area contributed by atoms with Crippen LogP contribution < -0.4 is 21.8 Å². The lowest BCUT2D eigenvalue weighted by atomic mass is 10.1. The van der Waals surface area contributed by atoms with Crippen molar-refractivity contribution in [1.29, 1.82) is 0 Å². The van der Waals surface area contributed by atoms with Crippen LogP contribution in [0.25, 0.3) is 0 Å². The van der Waals surface area contributed by atoms with Crippen LogP contribution in [0.3, 0.4) is 0 Å². The minimum atomic E-state index is -0.551. The SMILES string of the molecule is CN(C)C(=O)c1cccc(Nc2c(NCc3cccs3)c(=O)n(C)[nH]c2=O)c1O. The van der Waals surface area contributed by atoms with Crippen molar-refractivity contribution in [1.82, 2.24) is 14.7 Å². The molecule has 0 saturated carbocycles. The molecular formula is C19H21N5O4S. The van der Waals surface area contributed by atoms with Crippen molar-refractivity contribution in [2.75, 3.05) is 24.7 Å². The number of nitrogens with one attached hydrogen (secondary N) is 3. The summed E-state index contributed by atoms with van der Waals surface area (Å²) in [4.78, 5) is 39.7. The minimum Gasteiger partial charge on any atom is -0.505 e. The molecule has 0 unspecified atom stereocenters. The molecule has 1 amide bonds. The van der Waals surface area contributed by atoms with E-state index in [9.17, 15) is 19.5 Å². The number of H-pyrrole nitrogens is 1. The van der Waals surface area contributed by atoms with E-state index in [4.69, 9.17) is 0 Å². The zero-order chi connectivity index (χ0) is 21.1. The van der Waals surface area contributed by atoms with E-state index in [1.54, 1.807) is 20.2 Å². The van der Waals surface area contributed by atoms with Gasteiger partial charge in [-0.1, -0.05) is 12.1 Å². The summed E-state index contributed by atoms with van der Waals surface area (Å²) in [5.41, 5.74) is -0.764. The van der Waals surface area contributed by atoms with E-state index in [0.717, 1.165) is 9.56 Å². The van der Waals surface area contributed by atoms with Gasteiger partial charge in [0.2, 0.25) is 0 Å². The average molecular weight is 415 g/mol. The van der Waals surface area contributed by atoms with Crippen molar-refractivity contribution in [3.63, 3.8) is 0 Å². The number of rotatable bonds is 6. The van der Waals surface area contributed by atoms with Gasteiger partial charge in [-0.05, 0) is 23.6 Å². The number of anilines is 3. The summed E-state index contributed by atoms with van der Waals surface area (Å²) in [6.45, 7) is 0.357. The van der Waals surface area contributed by atoms with Gasteiger partial charge in [0, 0.05) is 32.6 Å². The summed E-state index contributed by atoms with van der Waals surface area (Å²) in [5.74, 6) is -0.699. The molecule has 10 heteroatoms. The van der Waals surface area contributed by atoms with Crippen LogP contribution in [0.5, 0.6) is 5.75 Å². The van der Waals surface area contributed by atoms with E-state index in [2.05, 4.69) is 15.7 Å². The van der Waals surface area contributed by atoms with Gasteiger partial charge in [-0.3, -0.25) is 24.2 Å². The number of hydrogen-bond acceptors (Lipinski definition) is 7. The number of thiophene rings is 1. The van der Waals surface area contributed by atoms with Gasteiger partial charge in [0.05, 0.1) is 11.3 Å². The number of nitrogens with zero attached hydrogens (tertiary/aromatic N) is 2. The second kappa shape index (κ2) is 8.23. The maximum absolute atomic E-state index is 12.6. The lowest BCUT2D eigenvalue weighted by Gasteiger charge is -2.16. The fourth-order valence-corrected chi connectivity index (χ4v) is 3.36. The lowest BCUT2D eigenvalue weighted by molar-refractivity contribution is 0.0824. The number of para-hydroxylation sites is 1. The summed E-state index contributed by atoms with van der Waals surface area (Å²) in [5, 5.41) is 20.7. The van der Waals surface area contributed by atoms with Crippen molar-refractivity contribution in [3.8, 4) is 5.75 Å². The van der Waals surface area contributed by atoms with Crippen molar-refractivity contribution >= 4 is 34.3 Å². The molecule has 3 aromatic rings. The Morgan fingerprint density at radius 1 is 1.21 bits per heavy atom. The molecule has 9 nitrogen and oxygen atoms in total. The number of aromatic hydroxyl groups is 1. The van der Waals surface area contributed by atoms with Gasteiger partial charge in [-0.25, -0.2) is 0 Å². The lowest BCUT2D eigenvalue weighted by Crippen LogP contribution is -2.31. The summed E-state index contributed by atoms with van der Waals surface area (Å²) < 4.78 is 1.08. The van der Waals surface area contributed by atoms with Crippen molar-refractivity contribution in [3.05, 3.63) is 66.9 Å². The van der Waals surface area contributed by atoms with Crippen molar-refractivity contribution < 1.29 is 9.90 Å². The van der Waals surface area contributed by atoms with Gasteiger partial charge in [0.15, 0.2) is 5.75 Å². The van der Waals surface area contributed by atoms with Crippen LogP contribution in [0, 0.1) is 0 Å². The number of amides is 1. The number of carbonyl (C=O) groups excluding carboxylic acids is 1. The summed E-state index contributed by atoms with van der Waals surface area (Å²) in [7, 11) is 4.58. The molecular weight excluding hydrogens is 394 g/mol. The molecule has 2 heterocycles. The van der Waals surface area contributed by atoms with E-state index in [1.807, 2.05) is 17.5 Å². The van der Waals surface area contributed by atoms with Gasteiger partial charge >= 0.3 is 0 Å². The molecule has 1 aromatic carbocycles. The number of phenolic OH excluding ortho intramolecular Hbond substituents is 1. The zero-order valence-electron chi connectivity index (χ0n) is 16.1. The second-order valence-electron chi connectivity index (χ2n) is 6.51. The molecule has 0 aliphatic carbocycles. The monoisotopic (exact) mass is 415 g/mol. The van der Waals surface area contributed by atoms with Crippen molar-refractivity contribution in [2.45, 2.75) is 6.54 Å². The van der Waals surface area contributed by atoms with E-state index in [1.165, 1.54) is 35.4 Å². The third kappa shape index (κ3) is 4.16. The van der Waals surface area contributed by atoms with Gasteiger partial charge < -0.3 is 20.6 Å². The zero-order valence-corrected chi connectivity index (χ0v) is 17.0. The molecule has 0 aliphatic heterocycles. The Kier molecular flexibility index (Phi) is 5.74. The summed E-state index contributed by atoms with van der Waals surface area (Å²) in [6.07, 6.45) is 0. The standard InChI is InChI=1S/C19H21N5O4S/c1-23(2)18(27)12-7-4-8-13(16(12)25)21-14-15(19(28)24(3)22-17(14)26)20-10-11-6-5-9-29-11/h4-9,20-21,25H,10H2,1-3H3,(H,22,26). The van der Waals surface area contributed by atoms with Crippen LogP contribution in [0.1, 0.15) is 15.2 Å². The Balaban J connectivity index is 2.02. The Morgan fingerprint density at radius 3 is 2.62 bits per heavy atom. The summed E-state index contributed by atoms with van der Waals surface area (Å²) >= 11 is 1.52. The topological polar surface area (TPSA) is 119 Å². The van der Waals surface area contributed by atoms with Crippen molar-refractivity contribution in [2.24, 2.45) is 7.05 Å². The third-order valence-corrected chi connectivity index (χ3v) is 5.09. The van der Waals surface area contributed by atoms with Crippen LogP contribution in [0.15, 0.2) is 45.3 Å². The highest BCUT2D eigenvalue weighted by atomic mass is 32.1. The van der Waals surface area contributed by atoms with Crippen LogP contribution in [0.2, 0.25) is 0 Å². The number of aryl methyl sites for hydroxylation is 1. The van der Waals surface area contributed by atoms with E-state index >= 15 is 0 Å². The first-order valence-corrected chi connectivity index (χ1v) is 9.57. The number of benzene rings is 1. The predicted octanol–water partition coefficient (Wildman–Crippen LogP) is 1.90.